The topological polar surface area (TPSA) is 51.8 Å². The first-order chi connectivity index (χ1) is 9.33. The van der Waals surface area contributed by atoms with Crippen LogP contribution in [0.3, 0.4) is 0 Å². The van der Waals surface area contributed by atoms with Crippen molar-refractivity contribution in [3.8, 4) is 11.4 Å². The molecule has 1 aliphatic carbocycles. The molecule has 3 aromatic rings. The highest BCUT2D eigenvalue weighted by atomic mass is 14.9. The van der Waals surface area contributed by atoms with E-state index in [0.29, 0.717) is 11.6 Å². The van der Waals surface area contributed by atoms with E-state index < -0.39 is 0 Å². The lowest BCUT2D eigenvalue weighted by Crippen LogP contribution is -1.95. The van der Waals surface area contributed by atoms with E-state index in [9.17, 15) is 0 Å². The molecule has 3 nitrogen and oxygen atoms in total. The molecular formula is C16H13N3. The van der Waals surface area contributed by atoms with E-state index in [-0.39, 0.29) is 0 Å². The van der Waals surface area contributed by atoms with Crippen LogP contribution in [-0.2, 0) is 12.8 Å². The zero-order valence-electron chi connectivity index (χ0n) is 10.4. The maximum atomic E-state index is 5.76. The largest absolute Gasteiger partial charge is 0.384 e. The Labute approximate surface area is 111 Å². The molecule has 2 aromatic carbocycles. The summed E-state index contributed by atoms with van der Waals surface area (Å²) >= 11 is 0. The van der Waals surface area contributed by atoms with Crippen LogP contribution in [-0.4, -0.2) is 9.97 Å². The third-order valence-corrected chi connectivity index (χ3v) is 3.79. The molecule has 0 fully saturated rings. The quantitative estimate of drug-likeness (QED) is 0.719. The maximum absolute atomic E-state index is 5.76. The Morgan fingerprint density at radius 3 is 2.63 bits per heavy atom. The zero-order chi connectivity index (χ0) is 12.8. The van der Waals surface area contributed by atoms with Gasteiger partial charge in [0.25, 0.3) is 0 Å². The fraction of sp³-hybridized carbons (Fsp3) is 0.125. The molecule has 0 bridgehead atoms. The molecule has 0 amide bonds. The van der Waals surface area contributed by atoms with Crippen LogP contribution in [0.25, 0.3) is 22.2 Å². The number of hydrogen-bond acceptors (Lipinski definition) is 3. The van der Waals surface area contributed by atoms with Gasteiger partial charge in [-0.05, 0) is 40.8 Å². The molecule has 92 valence electrons. The number of nitrogen functional groups attached to an aromatic ring is 1. The predicted molar refractivity (Wildman–Crippen MR) is 76.8 cm³/mol. The average molecular weight is 247 g/mol. The van der Waals surface area contributed by atoms with Gasteiger partial charge in [0, 0.05) is 11.8 Å². The molecule has 19 heavy (non-hydrogen) atoms. The summed E-state index contributed by atoms with van der Waals surface area (Å²) in [6.45, 7) is 0. The van der Waals surface area contributed by atoms with E-state index in [0.717, 1.165) is 18.4 Å². The van der Waals surface area contributed by atoms with Crippen LogP contribution >= 0.6 is 0 Å². The fourth-order valence-electron chi connectivity index (χ4n) is 2.94. The van der Waals surface area contributed by atoms with Crippen LogP contribution in [0.2, 0.25) is 0 Å². The summed E-state index contributed by atoms with van der Waals surface area (Å²) in [4.78, 5) is 8.69. The molecule has 0 saturated carbocycles. The highest BCUT2D eigenvalue weighted by Gasteiger charge is 2.17. The second-order valence-electron chi connectivity index (χ2n) is 4.92. The Bertz CT molecular complexity index is 783. The Morgan fingerprint density at radius 1 is 0.947 bits per heavy atom. The standard InChI is InChI=1S/C16H13N3/c17-14-8-9-18-16(19-14)13-7-6-11-5-4-10-2-1-3-12(13)15(10)11/h1-3,6-9H,4-5H2,(H2,17,18,19). The molecule has 4 rings (SSSR count). The maximum Gasteiger partial charge on any atom is 0.162 e. The molecule has 0 spiro atoms. The smallest absolute Gasteiger partial charge is 0.162 e. The molecular weight excluding hydrogens is 234 g/mol. The normalized spacial score (nSPS) is 13.1. The van der Waals surface area contributed by atoms with Crippen molar-refractivity contribution >= 4 is 16.6 Å². The van der Waals surface area contributed by atoms with Crippen LogP contribution in [0.5, 0.6) is 0 Å². The lowest BCUT2D eigenvalue weighted by atomic mass is 9.99. The number of nitrogens with zero attached hydrogens (tertiary/aromatic N) is 2. The molecule has 0 unspecified atom stereocenters. The second kappa shape index (κ2) is 3.79. The summed E-state index contributed by atoms with van der Waals surface area (Å²) in [5.41, 5.74) is 9.68. The van der Waals surface area contributed by atoms with Crippen molar-refractivity contribution in [3.05, 3.63) is 53.7 Å². The Hall–Kier alpha value is -2.42. The van der Waals surface area contributed by atoms with Crippen molar-refractivity contribution in [2.45, 2.75) is 12.8 Å². The molecule has 0 atom stereocenters. The number of benzene rings is 2. The van der Waals surface area contributed by atoms with Crippen molar-refractivity contribution in [1.29, 1.82) is 0 Å². The van der Waals surface area contributed by atoms with Gasteiger partial charge < -0.3 is 5.73 Å². The summed E-state index contributed by atoms with van der Waals surface area (Å²) in [5.74, 6) is 1.21. The van der Waals surface area contributed by atoms with Gasteiger partial charge in [0.1, 0.15) is 5.82 Å². The molecule has 3 heteroatoms. The third-order valence-electron chi connectivity index (χ3n) is 3.79. The average Bonchev–Trinajstić information content (AvgIpc) is 2.85. The number of aromatic nitrogens is 2. The molecule has 0 aliphatic heterocycles. The minimum absolute atomic E-state index is 0.508. The van der Waals surface area contributed by atoms with Gasteiger partial charge in [-0.1, -0.05) is 30.3 Å². The predicted octanol–water partition coefficient (Wildman–Crippen LogP) is 2.98. The minimum Gasteiger partial charge on any atom is -0.384 e. The van der Waals surface area contributed by atoms with Crippen LogP contribution < -0.4 is 5.73 Å². The van der Waals surface area contributed by atoms with E-state index in [1.165, 1.54) is 21.9 Å². The first kappa shape index (κ1) is 10.5. The third kappa shape index (κ3) is 1.51. The number of rotatable bonds is 1. The highest BCUT2D eigenvalue weighted by Crippen LogP contribution is 2.35. The summed E-state index contributed by atoms with van der Waals surface area (Å²) in [5, 5.41) is 2.61. The summed E-state index contributed by atoms with van der Waals surface area (Å²) < 4.78 is 0. The van der Waals surface area contributed by atoms with Gasteiger partial charge in [0.05, 0.1) is 0 Å². The minimum atomic E-state index is 0.508. The summed E-state index contributed by atoms with van der Waals surface area (Å²) in [6.07, 6.45) is 3.97. The molecule has 1 aromatic heterocycles. The van der Waals surface area contributed by atoms with Crippen molar-refractivity contribution in [1.82, 2.24) is 9.97 Å². The first-order valence-electron chi connectivity index (χ1n) is 6.45. The van der Waals surface area contributed by atoms with Crippen LogP contribution in [0.4, 0.5) is 5.82 Å². The fourth-order valence-corrected chi connectivity index (χ4v) is 2.94. The summed E-state index contributed by atoms with van der Waals surface area (Å²) in [6, 6.07) is 12.5. The van der Waals surface area contributed by atoms with Gasteiger partial charge in [0.15, 0.2) is 5.82 Å². The molecule has 0 radical (unpaired) electrons. The molecule has 0 saturated heterocycles. The second-order valence-corrected chi connectivity index (χ2v) is 4.92. The zero-order valence-corrected chi connectivity index (χ0v) is 10.4. The van der Waals surface area contributed by atoms with Crippen molar-refractivity contribution in [3.63, 3.8) is 0 Å². The molecule has 1 heterocycles. The van der Waals surface area contributed by atoms with Gasteiger partial charge in [0.2, 0.25) is 0 Å². The lowest BCUT2D eigenvalue weighted by molar-refractivity contribution is 1.02. The Kier molecular flexibility index (Phi) is 2.09. The van der Waals surface area contributed by atoms with Crippen molar-refractivity contribution in [2.75, 3.05) is 5.73 Å². The van der Waals surface area contributed by atoms with Gasteiger partial charge in [-0.15, -0.1) is 0 Å². The van der Waals surface area contributed by atoms with Crippen molar-refractivity contribution in [2.24, 2.45) is 0 Å². The van der Waals surface area contributed by atoms with E-state index in [2.05, 4.69) is 40.3 Å². The number of aryl methyl sites for hydroxylation is 2. The Morgan fingerprint density at radius 2 is 1.79 bits per heavy atom. The number of nitrogens with two attached hydrogens (primary N) is 1. The van der Waals surface area contributed by atoms with Gasteiger partial charge >= 0.3 is 0 Å². The Balaban J connectivity index is 2.07. The van der Waals surface area contributed by atoms with E-state index >= 15 is 0 Å². The van der Waals surface area contributed by atoms with E-state index in [1.54, 1.807) is 12.3 Å². The number of hydrogen-bond donors (Lipinski definition) is 1. The lowest BCUT2D eigenvalue weighted by Gasteiger charge is -2.08. The van der Waals surface area contributed by atoms with Crippen molar-refractivity contribution < 1.29 is 0 Å². The molecule has 2 N–H and O–H groups in total. The van der Waals surface area contributed by atoms with E-state index in [4.69, 9.17) is 5.73 Å². The van der Waals surface area contributed by atoms with Crippen LogP contribution in [0, 0.1) is 0 Å². The van der Waals surface area contributed by atoms with Gasteiger partial charge in [-0.2, -0.15) is 0 Å². The number of anilines is 1. The summed E-state index contributed by atoms with van der Waals surface area (Å²) in [7, 11) is 0. The first-order valence-corrected chi connectivity index (χ1v) is 6.45. The van der Waals surface area contributed by atoms with Gasteiger partial charge in [-0.25, -0.2) is 9.97 Å². The van der Waals surface area contributed by atoms with Crippen LogP contribution in [0.1, 0.15) is 11.1 Å². The van der Waals surface area contributed by atoms with Crippen LogP contribution in [0.15, 0.2) is 42.6 Å². The molecule has 1 aliphatic rings. The van der Waals surface area contributed by atoms with E-state index in [1.807, 2.05) is 0 Å². The monoisotopic (exact) mass is 247 g/mol. The SMILES string of the molecule is Nc1ccnc(-c2ccc3c4c(cccc24)CC3)n1. The highest BCUT2D eigenvalue weighted by molar-refractivity contribution is 6.00. The van der Waals surface area contributed by atoms with Gasteiger partial charge in [-0.3, -0.25) is 0 Å².